The van der Waals surface area contributed by atoms with Crippen LogP contribution in [0.4, 0.5) is 0 Å². The number of hydrogen-bond acceptors (Lipinski definition) is 5. The highest BCUT2D eigenvalue weighted by Crippen LogP contribution is 1.95. The third kappa shape index (κ3) is 13.7. The van der Waals surface area contributed by atoms with Gasteiger partial charge < -0.3 is 9.47 Å². The van der Waals surface area contributed by atoms with Crippen molar-refractivity contribution in [3.05, 3.63) is 37.0 Å². The fraction of sp³-hybridized carbons (Fsp3) is 0.400. The fourth-order valence-electron chi connectivity index (χ4n) is 0.806. The number of rotatable bonds is 7. The number of hydrogen-bond donors (Lipinski definition) is 0. The van der Waals surface area contributed by atoms with Gasteiger partial charge in [-0.3, -0.25) is 0 Å². The Kier molecular flexibility index (Phi) is 14.7. The molecule has 0 aliphatic carbocycles. The quantitative estimate of drug-likeness (QED) is 0.235. The Morgan fingerprint density at radius 3 is 2.40 bits per heavy atom. The van der Waals surface area contributed by atoms with Crippen LogP contribution < -0.4 is 0 Å². The molecule has 0 N–H and O–H groups in total. The molecule has 0 aromatic carbocycles. The van der Waals surface area contributed by atoms with Gasteiger partial charge in [0.1, 0.15) is 0 Å². The summed E-state index contributed by atoms with van der Waals surface area (Å²) in [7, 11) is 0. The van der Waals surface area contributed by atoms with Crippen LogP contribution in [0.25, 0.3) is 0 Å². The van der Waals surface area contributed by atoms with Gasteiger partial charge in [-0.1, -0.05) is 26.5 Å². The monoisotopic (exact) mass is 279 g/mol. The number of allylic oxidation sites excluding steroid dienone is 1. The van der Waals surface area contributed by atoms with E-state index in [1.54, 1.807) is 13.0 Å². The van der Waals surface area contributed by atoms with Gasteiger partial charge in [-0.15, -0.1) is 0 Å². The highest BCUT2D eigenvalue weighted by atomic mass is 16.5. The lowest BCUT2D eigenvalue weighted by Gasteiger charge is -1.98. The van der Waals surface area contributed by atoms with Gasteiger partial charge in [0, 0.05) is 12.2 Å². The van der Waals surface area contributed by atoms with E-state index < -0.39 is 5.97 Å². The Labute approximate surface area is 120 Å². The van der Waals surface area contributed by atoms with Gasteiger partial charge in [0.2, 0.25) is 0 Å². The van der Waals surface area contributed by atoms with E-state index in [9.17, 15) is 9.59 Å². The first-order valence-corrected chi connectivity index (χ1v) is 6.24. The Balaban J connectivity index is 0. The summed E-state index contributed by atoms with van der Waals surface area (Å²) in [5.41, 5.74) is 0.188. The highest BCUT2D eigenvalue weighted by Gasteiger charge is 2.01. The molecule has 5 nitrogen and oxygen atoms in total. The van der Waals surface area contributed by atoms with Gasteiger partial charge in [-0.05, 0) is 19.4 Å². The third-order valence-corrected chi connectivity index (χ3v) is 1.81. The average molecular weight is 279 g/mol. The molecule has 0 unspecified atom stereocenters. The lowest BCUT2D eigenvalue weighted by molar-refractivity contribution is -0.138. The van der Waals surface area contributed by atoms with Gasteiger partial charge in [-0.2, -0.15) is 5.26 Å². The lowest BCUT2D eigenvalue weighted by atomic mass is 10.3. The number of esters is 2. The average Bonchev–Trinajstić information content (AvgIpc) is 2.45. The molecule has 0 spiro atoms. The Morgan fingerprint density at radius 2 is 1.95 bits per heavy atom. The van der Waals surface area contributed by atoms with Crippen molar-refractivity contribution in [1.82, 2.24) is 0 Å². The highest BCUT2D eigenvalue weighted by molar-refractivity contribution is 5.90. The van der Waals surface area contributed by atoms with E-state index >= 15 is 0 Å². The van der Waals surface area contributed by atoms with Crippen LogP contribution in [0.15, 0.2) is 37.0 Å². The zero-order valence-electron chi connectivity index (χ0n) is 12.1. The maximum Gasteiger partial charge on any atom is 0.337 e. The lowest BCUT2D eigenvalue weighted by Crippen LogP contribution is -2.04. The molecule has 0 heterocycles. The zero-order valence-corrected chi connectivity index (χ0v) is 12.1. The summed E-state index contributed by atoms with van der Waals surface area (Å²) in [5.74, 6) is -0.817. The van der Waals surface area contributed by atoms with Crippen LogP contribution in [-0.2, 0) is 19.1 Å². The Morgan fingerprint density at radius 1 is 1.30 bits per heavy atom. The minimum absolute atomic E-state index is 0.188. The predicted molar refractivity (Wildman–Crippen MR) is 76.6 cm³/mol. The molecule has 0 aromatic rings. The molecule has 0 atom stereocenters. The summed E-state index contributed by atoms with van der Waals surface area (Å²) in [6.07, 6.45) is 5.65. The van der Waals surface area contributed by atoms with Crippen LogP contribution in [0.3, 0.4) is 0 Å². The first-order chi connectivity index (χ1) is 9.53. The molecule has 0 fully saturated rings. The molecule has 0 saturated heterocycles. The second kappa shape index (κ2) is 14.7. The van der Waals surface area contributed by atoms with E-state index in [0.29, 0.717) is 13.2 Å². The minimum Gasteiger partial charge on any atom is -0.463 e. The largest absolute Gasteiger partial charge is 0.463 e. The predicted octanol–water partition coefficient (Wildman–Crippen LogP) is 2.70. The molecule has 110 valence electrons. The SMILES string of the molecule is C=C(C=CC#N)C(=O)OCC.C=CC(=O)OCCCC. The number of nitriles is 1. The van der Waals surface area contributed by atoms with Crippen molar-refractivity contribution in [2.45, 2.75) is 26.7 Å². The van der Waals surface area contributed by atoms with Crippen molar-refractivity contribution in [3.8, 4) is 6.07 Å². The molecule has 0 aliphatic heterocycles. The van der Waals surface area contributed by atoms with E-state index in [1.165, 1.54) is 18.2 Å². The second-order valence-electron chi connectivity index (χ2n) is 3.43. The summed E-state index contributed by atoms with van der Waals surface area (Å²) >= 11 is 0. The molecule has 0 radical (unpaired) electrons. The number of carbonyl (C=O) groups excluding carboxylic acids is 2. The first-order valence-electron chi connectivity index (χ1n) is 6.24. The van der Waals surface area contributed by atoms with Crippen molar-refractivity contribution in [2.75, 3.05) is 13.2 Å². The standard InChI is InChI=1S/C8H9NO2.C7H12O2/c1-3-11-8(10)7(2)5-4-6-9;1-3-5-6-9-7(8)4-2/h4-5H,2-3H2,1H3;4H,2-3,5-6H2,1H3. The van der Waals surface area contributed by atoms with E-state index in [2.05, 4.69) is 22.6 Å². The number of carbonyl (C=O) groups is 2. The van der Waals surface area contributed by atoms with Crippen LogP contribution in [0.5, 0.6) is 0 Å². The van der Waals surface area contributed by atoms with Gasteiger partial charge in [-0.25, -0.2) is 9.59 Å². The van der Waals surface area contributed by atoms with E-state index in [0.717, 1.165) is 12.8 Å². The minimum atomic E-state index is -0.487. The Bertz CT molecular complexity index is 391. The van der Waals surface area contributed by atoms with Crippen molar-refractivity contribution in [3.63, 3.8) is 0 Å². The van der Waals surface area contributed by atoms with Gasteiger partial charge >= 0.3 is 11.9 Å². The molecule has 20 heavy (non-hydrogen) atoms. The van der Waals surface area contributed by atoms with Gasteiger partial charge in [0.05, 0.1) is 24.9 Å². The number of unbranched alkanes of at least 4 members (excludes halogenated alkanes) is 1. The third-order valence-electron chi connectivity index (χ3n) is 1.81. The van der Waals surface area contributed by atoms with Crippen LogP contribution in [-0.4, -0.2) is 25.2 Å². The maximum absolute atomic E-state index is 10.8. The fourth-order valence-corrected chi connectivity index (χ4v) is 0.806. The van der Waals surface area contributed by atoms with Crippen molar-refractivity contribution in [2.24, 2.45) is 0 Å². The molecule has 0 saturated carbocycles. The smallest absolute Gasteiger partial charge is 0.337 e. The summed E-state index contributed by atoms with van der Waals surface area (Å²) in [6.45, 7) is 11.2. The molecule has 0 aromatic heterocycles. The number of nitrogens with zero attached hydrogens (tertiary/aromatic N) is 1. The van der Waals surface area contributed by atoms with E-state index in [4.69, 9.17) is 5.26 Å². The zero-order chi connectivity index (χ0) is 15.8. The molecular weight excluding hydrogens is 258 g/mol. The van der Waals surface area contributed by atoms with Crippen molar-refractivity contribution in [1.29, 1.82) is 5.26 Å². The summed E-state index contributed by atoms with van der Waals surface area (Å²) < 4.78 is 9.28. The molecule has 0 aliphatic rings. The van der Waals surface area contributed by atoms with Gasteiger partial charge in [0.25, 0.3) is 0 Å². The maximum atomic E-state index is 10.8. The van der Waals surface area contributed by atoms with Crippen molar-refractivity contribution >= 4 is 11.9 Å². The van der Waals surface area contributed by atoms with Crippen LogP contribution in [0, 0.1) is 11.3 Å². The van der Waals surface area contributed by atoms with Crippen molar-refractivity contribution < 1.29 is 19.1 Å². The molecule has 5 heteroatoms. The summed E-state index contributed by atoms with van der Waals surface area (Å²) in [6, 6.07) is 1.75. The second-order valence-corrected chi connectivity index (χ2v) is 3.43. The van der Waals surface area contributed by atoms with Crippen LogP contribution in [0.1, 0.15) is 26.7 Å². The number of ether oxygens (including phenoxy) is 2. The first kappa shape index (κ1) is 20.0. The van der Waals surface area contributed by atoms with E-state index in [1.807, 2.05) is 6.92 Å². The summed E-state index contributed by atoms with van der Waals surface area (Å²) in [5, 5.41) is 8.10. The molecule has 0 bridgehead atoms. The summed E-state index contributed by atoms with van der Waals surface area (Å²) in [4.78, 5) is 21.1. The topological polar surface area (TPSA) is 76.4 Å². The normalized spacial score (nSPS) is 8.85. The van der Waals surface area contributed by atoms with Crippen LogP contribution >= 0.6 is 0 Å². The van der Waals surface area contributed by atoms with E-state index in [-0.39, 0.29) is 11.5 Å². The van der Waals surface area contributed by atoms with Gasteiger partial charge in [0.15, 0.2) is 0 Å². The molecule has 0 amide bonds. The Hall–Kier alpha value is -2.35. The molecular formula is C15H21NO4. The molecule has 0 rings (SSSR count). The van der Waals surface area contributed by atoms with Crippen LogP contribution in [0.2, 0.25) is 0 Å².